The van der Waals surface area contributed by atoms with Crippen LogP contribution in [0.5, 0.6) is 0 Å². The van der Waals surface area contributed by atoms with Gasteiger partial charge in [-0.15, -0.1) is 0 Å². The van der Waals surface area contributed by atoms with Crippen molar-refractivity contribution >= 4 is 0 Å². The Labute approximate surface area is 195 Å². The molecule has 0 spiro atoms. The summed E-state index contributed by atoms with van der Waals surface area (Å²) in [6.07, 6.45) is 16.4. The predicted molar refractivity (Wildman–Crippen MR) is 135 cm³/mol. The predicted octanol–water partition coefficient (Wildman–Crippen LogP) is 7.80. The summed E-state index contributed by atoms with van der Waals surface area (Å²) in [5.74, 6) is -0.586. The molecule has 0 aromatic heterocycles. The number of hydrogen-bond donors (Lipinski definition) is 0. The summed E-state index contributed by atoms with van der Waals surface area (Å²) in [5, 5.41) is 0. The smallest absolute Gasteiger partial charge is 0.285 e. The standard InChI is InChI=1S/C27H57NO3/c1-7-13-16-17-18-19-21-26(27(29-10-4,30-11-5)31-12-6)22-20-25-28(23-14-8-2)24-15-9-3/h26H,7-25H2,1-6H3. The summed E-state index contributed by atoms with van der Waals surface area (Å²) >= 11 is 0. The van der Waals surface area contributed by atoms with Gasteiger partial charge in [0.25, 0.3) is 5.97 Å². The fourth-order valence-corrected chi connectivity index (χ4v) is 4.41. The lowest BCUT2D eigenvalue weighted by Gasteiger charge is -2.39. The monoisotopic (exact) mass is 443 g/mol. The molecule has 0 fully saturated rings. The maximum atomic E-state index is 6.20. The molecular formula is C27H57NO3. The number of unbranched alkanes of at least 4 members (excludes halogenated alkanes) is 7. The minimum atomic E-state index is -0.876. The molecule has 188 valence electrons. The van der Waals surface area contributed by atoms with Crippen LogP contribution in [0.1, 0.15) is 125 Å². The van der Waals surface area contributed by atoms with Crippen molar-refractivity contribution in [3.63, 3.8) is 0 Å². The Hall–Kier alpha value is -0.160. The molecule has 0 radical (unpaired) electrons. The minimum absolute atomic E-state index is 0.290. The van der Waals surface area contributed by atoms with E-state index in [0.717, 1.165) is 12.8 Å². The van der Waals surface area contributed by atoms with Crippen LogP contribution in [0.15, 0.2) is 0 Å². The van der Waals surface area contributed by atoms with Gasteiger partial charge in [-0.25, -0.2) is 0 Å². The zero-order chi connectivity index (χ0) is 23.2. The van der Waals surface area contributed by atoms with Crippen LogP contribution in [0.4, 0.5) is 0 Å². The lowest BCUT2D eigenvalue weighted by atomic mass is 9.92. The molecule has 4 nitrogen and oxygen atoms in total. The Kier molecular flexibility index (Phi) is 21.6. The van der Waals surface area contributed by atoms with Crippen molar-refractivity contribution in [2.24, 2.45) is 5.92 Å². The zero-order valence-corrected chi connectivity index (χ0v) is 22.2. The van der Waals surface area contributed by atoms with Gasteiger partial charge in [-0.3, -0.25) is 0 Å². The largest absolute Gasteiger partial charge is 0.328 e. The third kappa shape index (κ3) is 14.6. The lowest BCUT2D eigenvalue weighted by molar-refractivity contribution is -0.403. The molecule has 31 heavy (non-hydrogen) atoms. The average Bonchev–Trinajstić information content (AvgIpc) is 2.76. The molecule has 0 rings (SSSR count). The maximum absolute atomic E-state index is 6.20. The van der Waals surface area contributed by atoms with Crippen molar-refractivity contribution in [3.05, 3.63) is 0 Å². The topological polar surface area (TPSA) is 30.9 Å². The van der Waals surface area contributed by atoms with Gasteiger partial charge >= 0.3 is 0 Å². The summed E-state index contributed by atoms with van der Waals surface area (Å²) in [4.78, 5) is 2.67. The van der Waals surface area contributed by atoms with Crippen LogP contribution in [0, 0.1) is 5.92 Å². The van der Waals surface area contributed by atoms with E-state index in [1.54, 1.807) is 0 Å². The Morgan fingerprint density at radius 3 is 1.42 bits per heavy atom. The molecule has 0 saturated heterocycles. The molecule has 1 unspecified atom stereocenters. The van der Waals surface area contributed by atoms with Crippen molar-refractivity contribution < 1.29 is 14.2 Å². The normalized spacial score (nSPS) is 13.3. The van der Waals surface area contributed by atoms with Crippen molar-refractivity contribution in [2.75, 3.05) is 39.5 Å². The van der Waals surface area contributed by atoms with E-state index < -0.39 is 5.97 Å². The van der Waals surface area contributed by atoms with Gasteiger partial charge in [0.2, 0.25) is 0 Å². The maximum Gasteiger partial charge on any atom is 0.285 e. The van der Waals surface area contributed by atoms with Gasteiger partial charge in [0.05, 0.1) is 0 Å². The van der Waals surface area contributed by atoms with Crippen molar-refractivity contribution in [2.45, 2.75) is 131 Å². The van der Waals surface area contributed by atoms with E-state index in [2.05, 4.69) is 25.7 Å². The highest BCUT2D eigenvalue weighted by Gasteiger charge is 2.41. The second-order valence-electron chi connectivity index (χ2n) is 8.85. The summed E-state index contributed by atoms with van der Waals surface area (Å²) in [6, 6.07) is 0. The molecule has 4 heteroatoms. The zero-order valence-electron chi connectivity index (χ0n) is 22.2. The quantitative estimate of drug-likeness (QED) is 0.112. The summed E-state index contributed by atoms with van der Waals surface area (Å²) < 4.78 is 18.6. The van der Waals surface area contributed by atoms with Crippen molar-refractivity contribution in [1.82, 2.24) is 4.90 Å². The van der Waals surface area contributed by atoms with Gasteiger partial charge in [-0.05, 0) is 72.5 Å². The molecule has 0 bridgehead atoms. The van der Waals surface area contributed by atoms with Gasteiger partial charge in [-0.2, -0.15) is 0 Å². The second-order valence-corrected chi connectivity index (χ2v) is 8.85. The number of rotatable bonds is 24. The first kappa shape index (κ1) is 30.8. The van der Waals surface area contributed by atoms with Crippen LogP contribution in [0.2, 0.25) is 0 Å². The van der Waals surface area contributed by atoms with Gasteiger partial charge in [0, 0.05) is 25.7 Å². The van der Waals surface area contributed by atoms with Gasteiger partial charge in [-0.1, -0.05) is 72.1 Å². The van der Waals surface area contributed by atoms with E-state index in [9.17, 15) is 0 Å². The number of ether oxygens (including phenoxy) is 3. The van der Waals surface area contributed by atoms with E-state index in [0.29, 0.717) is 19.8 Å². The molecule has 1 atom stereocenters. The molecule has 0 amide bonds. The first-order chi connectivity index (χ1) is 15.1. The van der Waals surface area contributed by atoms with Gasteiger partial charge in [0.1, 0.15) is 0 Å². The van der Waals surface area contributed by atoms with E-state index in [1.165, 1.54) is 90.3 Å². The van der Waals surface area contributed by atoms with Crippen LogP contribution in [0.3, 0.4) is 0 Å². The van der Waals surface area contributed by atoms with Crippen LogP contribution in [0.25, 0.3) is 0 Å². The molecule has 0 aliphatic rings. The highest BCUT2D eigenvalue weighted by molar-refractivity contribution is 4.74. The Bertz CT molecular complexity index is 339. The fourth-order valence-electron chi connectivity index (χ4n) is 4.41. The average molecular weight is 444 g/mol. The van der Waals surface area contributed by atoms with Crippen LogP contribution < -0.4 is 0 Å². The molecule has 0 aromatic rings. The molecule has 0 aliphatic carbocycles. The second kappa shape index (κ2) is 21.7. The SMILES string of the molecule is CCCCCCCCC(CCCN(CCCC)CCCC)C(OCC)(OCC)OCC. The molecule has 0 N–H and O–H groups in total. The van der Waals surface area contributed by atoms with Gasteiger partial charge < -0.3 is 19.1 Å². The highest BCUT2D eigenvalue weighted by atomic mass is 16.9. The van der Waals surface area contributed by atoms with Crippen LogP contribution in [-0.4, -0.2) is 50.3 Å². The van der Waals surface area contributed by atoms with Gasteiger partial charge in [0.15, 0.2) is 0 Å². The summed E-state index contributed by atoms with van der Waals surface area (Å²) in [7, 11) is 0. The van der Waals surface area contributed by atoms with Crippen LogP contribution in [-0.2, 0) is 14.2 Å². The first-order valence-corrected chi connectivity index (χ1v) is 13.8. The van der Waals surface area contributed by atoms with E-state index in [1.807, 2.05) is 20.8 Å². The van der Waals surface area contributed by atoms with E-state index in [4.69, 9.17) is 14.2 Å². The third-order valence-corrected chi connectivity index (χ3v) is 6.13. The van der Waals surface area contributed by atoms with E-state index in [-0.39, 0.29) is 5.92 Å². The van der Waals surface area contributed by atoms with Crippen molar-refractivity contribution in [1.29, 1.82) is 0 Å². The lowest BCUT2D eigenvalue weighted by Crippen LogP contribution is -2.47. The number of nitrogens with zero attached hydrogens (tertiary/aromatic N) is 1. The van der Waals surface area contributed by atoms with Crippen molar-refractivity contribution in [3.8, 4) is 0 Å². The molecule has 0 aromatic carbocycles. The summed E-state index contributed by atoms with van der Waals surface area (Å²) in [5.41, 5.74) is 0. The molecule has 0 aliphatic heterocycles. The summed E-state index contributed by atoms with van der Waals surface area (Å²) in [6.45, 7) is 18.5. The molecule has 0 saturated carbocycles. The van der Waals surface area contributed by atoms with E-state index >= 15 is 0 Å². The van der Waals surface area contributed by atoms with Crippen LogP contribution >= 0.6 is 0 Å². The first-order valence-electron chi connectivity index (χ1n) is 13.8. The molecular weight excluding hydrogens is 386 g/mol. The Morgan fingerprint density at radius 2 is 0.935 bits per heavy atom. The Morgan fingerprint density at radius 1 is 0.516 bits per heavy atom. The fraction of sp³-hybridized carbons (Fsp3) is 1.00. The minimum Gasteiger partial charge on any atom is -0.328 e. The Balaban J connectivity index is 5.03. The molecule has 0 heterocycles. The number of hydrogen-bond acceptors (Lipinski definition) is 4. The highest BCUT2D eigenvalue weighted by Crippen LogP contribution is 2.34. The third-order valence-electron chi connectivity index (χ3n) is 6.13.